The lowest BCUT2D eigenvalue weighted by molar-refractivity contribution is -0.141. The molecular weight excluding hydrogens is 349 g/mol. The van der Waals surface area contributed by atoms with Gasteiger partial charge < -0.3 is 21.1 Å². The summed E-state index contributed by atoms with van der Waals surface area (Å²) in [6.07, 6.45) is 0.00738. The number of aliphatic hydroxyl groups is 1. The molecule has 0 radical (unpaired) electrons. The molecule has 0 spiro atoms. The molecule has 0 saturated carbocycles. The molecule has 1 unspecified atom stereocenters. The number of aliphatic imine (C=N–C) groups is 1. The second-order valence-corrected chi connectivity index (χ2v) is 5.82. The molecule has 26 heavy (non-hydrogen) atoms. The maximum Gasteiger partial charge on any atom is 0.433 e. The van der Waals surface area contributed by atoms with E-state index in [0.717, 1.165) is 39.1 Å². The summed E-state index contributed by atoms with van der Waals surface area (Å²) < 4.78 is 39.4. The third-order valence-corrected chi connectivity index (χ3v) is 4.08. The smallest absolute Gasteiger partial charge is 0.404 e. The van der Waals surface area contributed by atoms with Gasteiger partial charge in [0.05, 0.1) is 11.7 Å². The predicted octanol–water partition coefficient (Wildman–Crippen LogP) is 1.05. The molecule has 1 atom stereocenters. The van der Waals surface area contributed by atoms with Crippen molar-refractivity contribution in [2.24, 2.45) is 10.7 Å². The molecule has 7 nitrogen and oxygen atoms in total. The van der Waals surface area contributed by atoms with Crippen LogP contribution in [0, 0.1) is 0 Å². The Morgan fingerprint density at radius 2 is 2.12 bits per heavy atom. The standard InChI is InChI=1S/C15H19F3N6.CH4O/c16-15(17,18)13-6-12(22-14(23-13)24-4-1-5-24)10(7-19)8-21-11-2-3-20-9-11;1-2/h6-8,11,20H,1-5,9,19H2;2H,1H3/b10-7+,21-8?;. The van der Waals surface area contributed by atoms with E-state index >= 15 is 0 Å². The van der Waals surface area contributed by atoms with Gasteiger partial charge in [0.2, 0.25) is 5.95 Å². The molecule has 4 N–H and O–H groups in total. The lowest BCUT2D eigenvalue weighted by atomic mass is 10.1. The summed E-state index contributed by atoms with van der Waals surface area (Å²) in [6.45, 7) is 2.95. The third-order valence-electron chi connectivity index (χ3n) is 4.08. The molecule has 2 aliphatic heterocycles. The molecule has 0 aliphatic carbocycles. The summed E-state index contributed by atoms with van der Waals surface area (Å²) in [6, 6.07) is 1.03. The molecule has 3 rings (SSSR count). The van der Waals surface area contributed by atoms with E-state index in [9.17, 15) is 13.2 Å². The van der Waals surface area contributed by atoms with E-state index in [1.165, 1.54) is 12.4 Å². The van der Waals surface area contributed by atoms with Crippen LogP contribution in [0.2, 0.25) is 0 Å². The number of aromatic nitrogens is 2. The Morgan fingerprint density at radius 1 is 1.38 bits per heavy atom. The number of rotatable bonds is 4. The lowest BCUT2D eigenvalue weighted by Crippen LogP contribution is -2.38. The van der Waals surface area contributed by atoms with E-state index in [-0.39, 0.29) is 17.7 Å². The van der Waals surface area contributed by atoms with Crippen molar-refractivity contribution in [1.82, 2.24) is 15.3 Å². The molecule has 0 aromatic carbocycles. The van der Waals surface area contributed by atoms with Crippen LogP contribution in [0.1, 0.15) is 24.2 Å². The van der Waals surface area contributed by atoms with Crippen LogP contribution in [-0.4, -0.2) is 60.6 Å². The number of nitrogens with one attached hydrogen (secondary N) is 1. The molecule has 1 aromatic heterocycles. The van der Waals surface area contributed by atoms with Crippen molar-refractivity contribution in [3.05, 3.63) is 23.7 Å². The number of alkyl halides is 3. The highest BCUT2D eigenvalue weighted by atomic mass is 19.4. The number of nitrogens with two attached hydrogens (primary N) is 1. The monoisotopic (exact) mass is 372 g/mol. The molecule has 2 saturated heterocycles. The highest BCUT2D eigenvalue weighted by molar-refractivity contribution is 6.09. The lowest BCUT2D eigenvalue weighted by Gasteiger charge is -2.31. The first kappa shape index (κ1) is 20.1. The third kappa shape index (κ3) is 4.92. The van der Waals surface area contributed by atoms with Gasteiger partial charge in [-0.25, -0.2) is 9.97 Å². The van der Waals surface area contributed by atoms with Crippen molar-refractivity contribution < 1.29 is 18.3 Å². The second kappa shape index (κ2) is 8.95. The molecule has 0 bridgehead atoms. The van der Waals surface area contributed by atoms with Crippen LogP contribution in [0.5, 0.6) is 0 Å². The summed E-state index contributed by atoms with van der Waals surface area (Å²) in [5.74, 6) is 0.0846. The van der Waals surface area contributed by atoms with Crippen LogP contribution in [0.25, 0.3) is 5.57 Å². The van der Waals surface area contributed by atoms with Crippen molar-refractivity contribution in [2.75, 3.05) is 38.2 Å². The molecule has 0 amide bonds. The number of nitrogens with zero attached hydrogens (tertiary/aromatic N) is 4. The Balaban J connectivity index is 0.00000117. The number of anilines is 1. The molecule has 144 valence electrons. The highest BCUT2D eigenvalue weighted by Gasteiger charge is 2.35. The molecular formula is C16H23F3N6O. The largest absolute Gasteiger partial charge is 0.433 e. The second-order valence-electron chi connectivity index (χ2n) is 5.82. The summed E-state index contributed by atoms with van der Waals surface area (Å²) in [5, 5.41) is 10.2. The van der Waals surface area contributed by atoms with Crippen molar-refractivity contribution in [2.45, 2.75) is 25.1 Å². The highest BCUT2D eigenvalue weighted by Crippen LogP contribution is 2.31. The number of allylic oxidation sites excluding steroid dienone is 1. The van der Waals surface area contributed by atoms with E-state index < -0.39 is 11.9 Å². The maximum absolute atomic E-state index is 13.1. The van der Waals surface area contributed by atoms with Gasteiger partial charge in [0, 0.05) is 44.7 Å². The van der Waals surface area contributed by atoms with Crippen LogP contribution in [0.15, 0.2) is 17.3 Å². The first-order chi connectivity index (χ1) is 12.5. The summed E-state index contributed by atoms with van der Waals surface area (Å²) in [5.41, 5.74) is 5.12. The van der Waals surface area contributed by atoms with Gasteiger partial charge in [-0.2, -0.15) is 13.2 Å². The zero-order valence-electron chi connectivity index (χ0n) is 14.5. The zero-order chi connectivity index (χ0) is 19.2. The van der Waals surface area contributed by atoms with Gasteiger partial charge in [-0.3, -0.25) is 4.99 Å². The van der Waals surface area contributed by atoms with E-state index in [1.54, 1.807) is 4.90 Å². The average Bonchev–Trinajstić information content (AvgIpc) is 3.08. The van der Waals surface area contributed by atoms with Crippen molar-refractivity contribution in [3.63, 3.8) is 0 Å². The van der Waals surface area contributed by atoms with Gasteiger partial charge in [-0.05, 0) is 25.5 Å². The Hall–Kier alpha value is -2.20. The minimum absolute atomic E-state index is 0.0846. The normalized spacial score (nSPS) is 20.7. The summed E-state index contributed by atoms with van der Waals surface area (Å²) in [4.78, 5) is 14.0. The van der Waals surface area contributed by atoms with Gasteiger partial charge >= 0.3 is 6.18 Å². The average molecular weight is 372 g/mol. The minimum atomic E-state index is -4.54. The summed E-state index contributed by atoms with van der Waals surface area (Å²) >= 11 is 0. The number of hydrogen-bond donors (Lipinski definition) is 3. The van der Waals surface area contributed by atoms with Crippen LogP contribution in [0.4, 0.5) is 19.1 Å². The van der Waals surface area contributed by atoms with E-state index in [4.69, 9.17) is 10.8 Å². The topological polar surface area (TPSA) is 99.7 Å². The van der Waals surface area contributed by atoms with Gasteiger partial charge in [0.25, 0.3) is 0 Å². The first-order valence-corrected chi connectivity index (χ1v) is 8.29. The quantitative estimate of drug-likeness (QED) is 0.683. The fourth-order valence-electron chi connectivity index (χ4n) is 2.53. The van der Waals surface area contributed by atoms with Crippen LogP contribution < -0.4 is 16.0 Å². The fraction of sp³-hybridized carbons (Fsp3) is 0.562. The molecule has 2 aliphatic rings. The zero-order valence-corrected chi connectivity index (χ0v) is 14.5. The van der Waals surface area contributed by atoms with Crippen LogP contribution >= 0.6 is 0 Å². The number of aliphatic hydroxyl groups excluding tert-OH is 1. The SMILES string of the molecule is CO.N/C=C(\C=NC1CCNC1)c1cc(C(F)(F)F)nc(N2CCC2)n1. The van der Waals surface area contributed by atoms with E-state index in [0.29, 0.717) is 18.7 Å². The Kier molecular flexibility index (Phi) is 6.92. The Labute approximate surface area is 149 Å². The van der Waals surface area contributed by atoms with Crippen LogP contribution in [0.3, 0.4) is 0 Å². The van der Waals surface area contributed by atoms with Crippen LogP contribution in [-0.2, 0) is 6.18 Å². The minimum Gasteiger partial charge on any atom is -0.404 e. The van der Waals surface area contributed by atoms with Gasteiger partial charge in [0.15, 0.2) is 5.69 Å². The Bertz CT molecular complexity index is 652. The maximum atomic E-state index is 13.1. The molecule has 1 aromatic rings. The number of hydrogen-bond acceptors (Lipinski definition) is 7. The van der Waals surface area contributed by atoms with Crippen molar-refractivity contribution in [1.29, 1.82) is 0 Å². The van der Waals surface area contributed by atoms with Gasteiger partial charge in [-0.15, -0.1) is 0 Å². The van der Waals surface area contributed by atoms with E-state index in [1.807, 2.05) is 0 Å². The van der Waals surface area contributed by atoms with E-state index in [2.05, 4.69) is 20.3 Å². The van der Waals surface area contributed by atoms with Gasteiger partial charge in [-0.1, -0.05) is 0 Å². The van der Waals surface area contributed by atoms with Crippen molar-refractivity contribution >= 4 is 17.7 Å². The predicted molar refractivity (Wildman–Crippen MR) is 93.9 cm³/mol. The summed E-state index contributed by atoms with van der Waals surface area (Å²) in [7, 11) is 1.00. The Morgan fingerprint density at radius 3 is 2.62 bits per heavy atom. The molecule has 3 heterocycles. The fourth-order valence-corrected chi connectivity index (χ4v) is 2.53. The number of halogens is 3. The van der Waals surface area contributed by atoms with Crippen molar-refractivity contribution in [3.8, 4) is 0 Å². The molecule has 2 fully saturated rings. The first-order valence-electron chi connectivity index (χ1n) is 8.29. The van der Waals surface area contributed by atoms with Gasteiger partial charge in [0.1, 0.15) is 0 Å². The molecule has 10 heteroatoms.